The Hall–Kier alpha value is -1.47. The third-order valence-electron chi connectivity index (χ3n) is 3.48. The van der Waals surface area contributed by atoms with Crippen molar-refractivity contribution in [3.05, 3.63) is 29.1 Å². The van der Waals surface area contributed by atoms with Gasteiger partial charge in [0.15, 0.2) is 0 Å². The monoisotopic (exact) mass is 316 g/mol. The quantitative estimate of drug-likeness (QED) is 0.901. The summed E-state index contributed by atoms with van der Waals surface area (Å²) in [5, 5.41) is 5.05. The molecule has 0 radical (unpaired) electrons. The van der Waals surface area contributed by atoms with E-state index < -0.39 is 21.7 Å². The van der Waals surface area contributed by atoms with Crippen molar-refractivity contribution in [2.75, 3.05) is 13.6 Å². The van der Waals surface area contributed by atoms with Crippen LogP contribution < -0.4 is 5.14 Å². The van der Waals surface area contributed by atoms with Gasteiger partial charge >= 0.3 is 0 Å². The molecule has 0 saturated heterocycles. The van der Waals surface area contributed by atoms with E-state index in [4.69, 9.17) is 5.14 Å². The molecule has 1 aromatic carbocycles. The molecule has 0 spiro atoms. The van der Waals surface area contributed by atoms with Crippen LogP contribution in [0.25, 0.3) is 0 Å². The van der Waals surface area contributed by atoms with E-state index in [2.05, 4.69) is 0 Å². The van der Waals surface area contributed by atoms with Crippen LogP contribution >= 0.6 is 0 Å². The standard InChI is InChI=1S/C14H21FN2O3S/c1-5-9(2)8-17(4)14(18)11-6-12(15)10(3)13(7-11)21(16,19)20/h6-7,9H,5,8H2,1-4H3,(H2,16,19,20). The normalized spacial score (nSPS) is 13.0. The fraction of sp³-hybridized carbons (Fsp3) is 0.500. The summed E-state index contributed by atoms with van der Waals surface area (Å²) in [6.07, 6.45) is 0.905. The summed E-state index contributed by atoms with van der Waals surface area (Å²) in [6.45, 7) is 5.82. The molecule has 5 nitrogen and oxygen atoms in total. The highest BCUT2D eigenvalue weighted by molar-refractivity contribution is 7.89. The van der Waals surface area contributed by atoms with E-state index in [1.807, 2.05) is 13.8 Å². The number of benzene rings is 1. The molecule has 0 aliphatic heterocycles. The predicted molar refractivity (Wildman–Crippen MR) is 78.9 cm³/mol. The minimum Gasteiger partial charge on any atom is -0.341 e. The van der Waals surface area contributed by atoms with Crippen molar-refractivity contribution in [2.24, 2.45) is 11.1 Å². The lowest BCUT2D eigenvalue weighted by Gasteiger charge is -2.21. The van der Waals surface area contributed by atoms with Crippen LogP contribution in [0.3, 0.4) is 0 Å². The largest absolute Gasteiger partial charge is 0.341 e. The molecule has 1 aromatic rings. The summed E-state index contributed by atoms with van der Waals surface area (Å²) in [6, 6.07) is 2.17. The molecule has 7 heteroatoms. The second-order valence-corrected chi connectivity index (χ2v) is 6.86. The van der Waals surface area contributed by atoms with E-state index in [0.29, 0.717) is 12.5 Å². The molecular weight excluding hydrogens is 295 g/mol. The van der Waals surface area contributed by atoms with Gasteiger partial charge in [-0.05, 0) is 25.0 Å². The highest BCUT2D eigenvalue weighted by atomic mass is 32.2. The van der Waals surface area contributed by atoms with Gasteiger partial charge in [0, 0.05) is 24.7 Å². The van der Waals surface area contributed by atoms with Crippen molar-refractivity contribution in [1.82, 2.24) is 4.90 Å². The molecule has 0 aliphatic rings. The molecule has 0 bridgehead atoms. The number of halogens is 1. The molecule has 21 heavy (non-hydrogen) atoms. The smallest absolute Gasteiger partial charge is 0.253 e. The minimum atomic E-state index is -4.08. The maximum absolute atomic E-state index is 13.8. The number of rotatable bonds is 5. The summed E-state index contributed by atoms with van der Waals surface area (Å²) in [5.41, 5.74) is -0.105. The molecule has 118 valence electrons. The molecule has 1 rings (SSSR count). The Balaban J connectivity index is 3.20. The van der Waals surface area contributed by atoms with Crippen molar-refractivity contribution in [1.29, 1.82) is 0 Å². The second-order valence-electron chi connectivity index (χ2n) is 5.33. The number of amides is 1. The van der Waals surface area contributed by atoms with Crippen LogP contribution in [0, 0.1) is 18.7 Å². The fourth-order valence-electron chi connectivity index (χ4n) is 1.97. The number of hydrogen-bond donors (Lipinski definition) is 1. The third kappa shape index (κ3) is 4.25. The van der Waals surface area contributed by atoms with Crippen LogP contribution in [0.5, 0.6) is 0 Å². The van der Waals surface area contributed by atoms with Gasteiger partial charge in [-0.1, -0.05) is 20.3 Å². The van der Waals surface area contributed by atoms with Crippen LogP contribution in [0.1, 0.15) is 36.2 Å². The third-order valence-corrected chi connectivity index (χ3v) is 4.52. The van der Waals surface area contributed by atoms with E-state index >= 15 is 0 Å². The fourth-order valence-corrected chi connectivity index (χ4v) is 2.79. The van der Waals surface area contributed by atoms with Gasteiger partial charge in [0.25, 0.3) is 5.91 Å². The van der Waals surface area contributed by atoms with Crippen molar-refractivity contribution in [3.8, 4) is 0 Å². The molecular formula is C14H21FN2O3S. The first-order chi connectivity index (χ1) is 9.57. The SMILES string of the molecule is CCC(C)CN(C)C(=O)c1cc(F)c(C)c(S(N)(=O)=O)c1. The molecule has 0 saturated carbocycles. The Morgan fingerprint density at radius 2 is 2.00 bits per heavy atom. The Labute approximate surface area is 125 Å². The highest BCUT2D eigenvalue weighted by Crippen LogP contribution is 2.20. The Morgan fingerprint density at radius 1 is 1.43 bits per heavy atom. The average molecular weight is 316 g/mol. The molecule has 0 aliphatic carbocycles. The van der Waals surface area contributed by atoms with Crippen molar-refractivity contribution < 1.29 is 17.6 Å². The number of hydrogen-bond acceptors (Lipinski definition) is 3. The van der Waals surface area contributed by atoms with Gasteiger partial charge < -0.3 is 4.90 Å². The number of nitrogens with zero attached hydrogens (tertiary/aromatic N) is 1. The first-order valence-electron chi connectivity index (χ1n) is 6.66. The van der Waals surface area contributed by atoms with Crippen molar-refractivity contribution in [3.63, 3.8) is 0 Å². The summed E-state index contributed by atoms with van der Waals surface area (Å²) in [4.78, 5) is 13.4. The number of sulfonamides is 1. The maximum atomic E-state index is 13.8. The van der Waals surface area contributed by atoms with Crippen LogP contribution in [-0.2, 0) is 10.0 Å². The summed E-state index contributed by atoms with van der Waals surface area (Å²) >= 11 is 0. The lowest BCUT2D eigenvalue weighted by molar-refractivity contribution is 0.0774. The zero-order valence-corrected chi connectivity index (χ0v) is 13.5. The van der Waals surface area contributed by atoms with Gasteiger partial charge in [0.2, 0.25) is 10.0 Å². The number of primary sulfonamides is 1. The summed E-state index contributed by atoms with van der Waals surface area (Å²) < 4.78 is 36.8. The van der Waals surface area contributed by atoms with Gasteiger partial charge in [-0.2, -0.15) is 0 Å². The average Bonchev–Trinajstić information content (AvgIpc) is 2.39. The zero-order valence-electron chi connectivity index (χ0n) is 12.7. The Kier molecular flexibility index (Phi) is 5.47. The van der Waals surface area contributed by atoms with Crippen LogP contribution in [-0.4, -0.2) is 32.8 Å². The van der Waals surface area contributed by atoms with Gasteiger partial charge in [-0.3, -0.25) is 4.79 Å². The molecule has 1 amide bonds. The van der Waals surface area contributed by atoms with E-state index in [1.165, 1.54) is 11.8 Å². The van der Waals surface area contributed by atoms with E-state index in [1.54, 1.807) is 7.05 Å². The maximum Gasteiger partial charge on any atom is 0.253 e. The Morgan fingerprint density at radius 3 is 2.48 bits per heavy atom. The zero-order chi connectivity index (χ0) is 16.4. The molecule has 2 N–H and O–H groups in total. The van der Waals surface area contributed by atoms with Gasteiger partial charge in [0.05, 0.1) is 4.90 Å². The highest BCUT2D eigenvalue weighted by Gasteiger charge is 2.21. The lowest BCUT2D eigenvalue weighted by atomic mass is 10.1. The summed E-state index contributed by atoms with van der Waals surface area (Å²) in [7, 11) is -2.48. The van der Waals surface area contributed by atoms with Crippen LogP contribution in [0.2, 0.25) is 0 Å². The molecule has 0 heterocycles. The first-order valence-corrected chi connectivity index (χ1v) is 8.21. The van der Waals surface area contributed by atoms with Crippen molar-refractivity contribution in [2.45, 2.75) is 32.1 Å². The number of carbonyl (C=O) groups excluding carboxylic acids is 1. The van der Waals surface area contributed by atoms with Crippen LogP contribution in [0.15, 0.2) is 17.0 Å². The molecule has 0 aromatic heterocycles. The van der Waals surface area contributed by atoms with Gasteiger partial charge in [-0.15, -0.1) is 0 Å². The first kappa shape index (κ1) is 17.6. The minimum absolute atomic E-state index is 0.0204. The lowest BCUT2D eigenvalue weighted by Crippen LogP contribution is -2.31. The molecule has 1 atom stereocenters. The van der Waals surface area contributed by atoms with E-state index in [9.17, 15) is 17.6 Å². The number of nitrogens with two attached hydrogens (primary N) is 1. The van der Waals surface area contributed by atoms with Crippen molar-refractivity contribution >= 4 is 15.9 Å². The topological polar surface area (TPSA) is 80.5 Å². The van der Waals surface area contributed by atoms with E-state index in [-0.39, 0.29) is 16.0 Å². The molecule has 1 unspecified atom stereocenters. The summed E-state index contributed by atoms with van der Waals surface area (Å²) in [5.74, 6) is -0.895. The Bertz CT molecular complexity index is 644. The van der Waals surface area contributed by atoms with E-state index in [0.717, 1.165) is 18.6 Å². The number of carbonyl (C=O) groups is 1. The predicted octanol–water partition coefficient (Wildman–Crippen LogP) is 1.90. The van der Waals surface area contributed by atoms with Gasteiger partial charge in [-0.25, -0.2) is 17.9 Å². The molecule has 0 fully saturated rings. The van der Waals surface area contributed by atoms with Crippen LogP contribution in [0.4, 0.5) is 4.39 Å². The van der Waals surface area contributed by atoms with Gasteiger partial charge in [0.1, 0.15) is 5.82 Å². The second kappa shape index (κ2) is 6.53.